The van der Waals surface area contributed by atoms with Gasteiger partial charge in [-0.3, -0.25) is 9.89 Å². The first-order valence-corrected chi connectivity index (χ1v) is 4.49. The Kier molecular flexibility index (Phi) is 4.12. The molecule has 1 aromatic rings. The van der Waals surface area contributed by atoms with Crippen LogP contribution in [0.15, 0.2) is 6.07 Å². The van der Waals surface area contributed by atoms with Crippen molar-refractivity contribution in [1.82, 2.24) is 10.2 Å². The Morgan fingerprint density at radius 2 is 2.57 bits per heavy atom. The molecule has 78 valence electrons. The van der Waals surface area contributed by atoms with Crippen molar-refractivity contribution in [3.05, 3.63) is 17.5 Å². The summed E-state index contributed by atoms with van der Waals surface area (Å²) in [5.41, 5.74) is 1.73. The Hall–Kier alpha value is -1.36. The molecule has 0 aromatic carbocycles. The van der Waals surface area contributed by atoms with Gasteiger partial charge in [0.1, 0.15) is 0 Å². The lowest BCUT2D eigenvalue weighted by atomic mass is 10.2. The van der Waals surface area contributed by atoms with Crippen LogP contribution in [0.5, 0.6) is 0 Å². The van der Waals surface area contributed by atoms with E-state index in [1.807, 2.05) is 6.07 Å². The zero-order valence-corrected chi connectivity index (χ0v) is 8.06. The second-order valence-corrected chi connectivity index (χ2v) is 3.15. The largest absolute Gasteiger partial charge is 0.467 e. The Balaban J connectivity index is 2.38. The van der Waals surface area contributed by atoms with Gasteiger partial charge in [0.2, 0.25) is 0 Å². The monoisotopic (exact) mass is 198 g/mol. The van der Waals surface area contributed by atoms with Gasteiger partial charge in [0, 0.05) is 18.5 Å². The minimum absolute atomic E-state index is 0.336. The fourth-order valence-corrected chi connectivity index (χ4v) is 1.17. The molecule has 5 heteroatoms. The van der Waals surface area contributed by atoms with Crippen LogP contribution in [0.2, 0.25) is 0 Å². The van der Waals surface area contributed by atoms with Gasteiger partial charge in [-0.25, -0.2) is 0 Å². The molecule has 1 aromatic heterocycles. The van der Waals surface area contributed by atoms with Crippen molar-refractivity contribution in [2.75, 3.05) is 6.61 Å². The van der Waals surface area contributed by atoms with Gasteiger partial charge in [0.15, 0.2) is 0 Å². The van der Waals surface area contributed by atoms with Crippen LogP contribution >= 0.6 is 0 Å². The van der Waals surface area contributed by atoms with Crippen LogP contribution in [0.3, 0.4) is 0 Å². The Morgan fingerprint density at radius 1 is 1.79 bits per heavy atom. The van der Waals surface area contributed by atoms with E-state index >= 15 is 0 Å². The quantitative estimate of drug-likeness (QED) is 0.500. The summed E-state index contributed by atoms with van der Waals surface area (Å²) in [6.07, 6.45) is 0.769. The summed E-state index contributed by atoms with van der Waals surface area (Å²) in [4.78, 5) is 9.86. The van der Waals surface area contributed by atoms with Crippen molar-refractivity contribution in [2.45, 2.75) is 25.9 Å². The number of aliphatic hydroxyl groups excluding tert-OH is 1. The van der Waals surface area contributed by atoms with Gasteiger partial charge in [0.05, 0.1) is 18.4 Å². The van der Waals surface area contributed by atoms with Gasteiger partial charge in [-0.1, -0.05) is 0 Å². The maximum atomic E-state index is 9.86. The summed E-state index contributed by atoms with van der Waals surface area (Å²) in [7, 11) is 0. The Labute approximate surface area is 82.1 Å². The number of hydrogen-bond acceptors (Lipinski definition) is 4. The van der Waals surface area contributed by atoms with Crippen LogP contribution in [-0.4, -0.2) is 34.5 Å². The number of aliphatic hydroxyl groups is 1. The smallest absolute Gasteiger partial charge is 0.293 e. The van der Waals surface area contributed by atoms with Crippen molar-refractivity contribution in [2.24, 2.45) is 0 Å². The highest BCUT2D eigenvalue weighted by molar-refractivity contribution is 5.36. The van der Waals surface area contributed by atoms with Gasteiger partial charge in [0.25, 0.3) is 6.47 Å². The second kappa shape index (κ2) is 5.39. The molecule has 0 saturated heterocycles. The number of aromatic amines is 1. The molecule has 0 radical (unpaired) electrons. The van der Waals surface area contributed by atoms with E-state index in [4.69, 9.17) is 5.11 Å². The fourth-order valence-electron chi connectivity index (χ4n) is 1.17. The lowest BCUT2D eigenvalue weighted by Gasteiger charge is -1.98. The first-order chi connectivity index (χ1) is 6.72. The van der Waals surface area contributed by atoms with E-state index in [9.17, 15) is 4.79 Å². The third-order valence-electron chi connectivity index (χ3n) is 1.74. The lowest BCUT2D eigenvalue weighted by Crippen LogP contribution is -2.04. The number of carbonyl (C=O) groups is 1. The van der Waals surface area contributed by atoms with Gasteiger partial charge < -0.3 is 9.84 Å². The third-order valence-corrected chi connectivity index (χ3v) is 1.74. The molecule has 1 atom stereocenters. The first-order valence-electron chi connectivity index (χ1n) is 4.49. The highest BCUT2D eigenvalue weighted by Gasteiger charge is 2.03. The molecule has 1 heterocycles. The average molecular weight is 198 g/mol. The molecule has 1 rings (SSSR count). The maximum absolute atomic E-state index is 9.86. The highest BCUT2D eigenvalue weighted by atomic mass is 16.5. The molecular formula is C9H14N2O3. The topological polar surface area (TPSA) is 75.2 Å². The number of rotatable bonds is 6. The van der Waals surface area contributed by atoms with Gasteiger partial charge >= 0.3 is 0 Å². The molecule has 0 amide bonds. The normalized spacial score (nSPS) is 12.4. The summed E-state index contributed by atoms with van der Waals surface area (Å²) >= 11 is 0. The van der Waals surface area contributed by atoms with E-state index in [2.05, 4.69) is 14.9 Å². The average Bonchev–Trinajstić information content (AvgIpc) is 2.52. The summed E-state index contributed by atoms with van der Waals surface area (Å²) in [5, 5.41) is 15.9. The van der Waals surface area contributed by atoms with Crippen molar-refractivity contribution < 1.29 is 14.6 Å². The molecule has 0 fully saturated rings. The van der Waals surface area contributed by atoms with E-state index in [0.717, 1.165) is 11.4 Å². The number of H-pyrrole nitrogens is 1. The molecule has 5 nitrogen and oxygen atoms in total. The summed E-state index contributed by atoms with van der Waals surface area (Å²) in [5.74, 6) is 0. The van der Waals surface area contributed by atoms with Crippen molar-refractivity contribution in [3.8, 4) is 0 Å². The molecule has 0 aliphatic rings. The lowest BCUT2D eigenvalue weighted by molar-refractivity contribution is -0.128. The molecule has 2 N–H and O–H groups in total. The van der Waals surface area contributed by atoms with Gasteiger partial charge in [-0.05, 0) is 13.0 Å². The maximum Gasteiger partial charge on any atom is 0.293 e. The van der Waals surface area contributed by atoms with Crippen LogP contribution < -0.4 is 0 Å². The van der Waals surface area contributed by atoms with Gasteiger partial charge in [-0.2, -0.15) is 5.10 Å². The molecule has 0 saturated carbocycles. The molecule has 1 unspecified atom stereocenters. The molecule has 0 spiro atoms. The summed E-state index contributed by atoms with van der Waals surface area (Å²) in [6, 6.07) is 1.86. The number of nitrogens with one attached hydrogen (secondary N) is 1. The van der Waals surface area contributed by atoms with Crippen molar-refractivity contribution in [1.29, 1.82) is 0 Å². The minimum Gasteiger partial charge on any atom is -0.467 e. The Bertz CT molecular complexity index is 283. The molecule has 0 bridgehead atoms. The predicted octanol–water partition coefficient (Wildman–Crippen LogP) is 0.0485. The zero-order valence-electron chi connectivity index (χ0n) is 8.06. The Morgan fingerprint density at radius 3 is 3.21 bits per heavy atom. The van der Waals surface area contributed by atoms with E-state index in [-0.39, 0.29) is 6.10 Å². The van der Waals surface area contributed by atoms with Crippen molar-refractivity contribution >= 4 is 6.47 Å². The number of nitrogens with zero attached hydrogens (tertiary/aromatic N) is 1. The fraction of sp³-hybridized carbons (Fsp3) is 0.556. The first kappa shape index (κ1) is 10.7. The number of aromatic nitrogens is 2. The molecule has 14 heavy (non-hydrogen) atoms. The van der Waals surface area contributed by atoms with Crippen LogP contribution in [0.25, 0.3) is 0 Å². The predicted molar refractivity (Wildman–Crippen MR) is 49.7 cm³/mol. The number of hydrogen-bond donors (Lipinski definition) is 2. The number of carbonyl (C=O) groups excluding carboxylic acids is 1. The number of ether oxygens (including phenoxy) is 1. The summed E-state index contributed by atoms with van der Waals surface area (Å²) < 4.78 is 4.54. The zero-order chi connectivity index (χ0) is 10.4. The second-order valence-electron chi connectivity index (χ2n) is 3.15. The van der Waals surface area contributed by atoms with E-state index in [1.54, 1.807) is 6.92 Å². The molecule has 0 aliphatic heterocycles. The van der Waals surface area contributed by atoms with Crippen LogP contribution in [-0.2, 0) is 22.4 Å². The van der Waals surface area contributed by atoms with E-state index in [1.165, 1.54) is 0 Å². The van der Waals surface area contributed by atoms with E-state index in [0.29, 0.717) is 25.9 Å². The van der Waals surface area contributed by atoms with Crippen LogP contribution in [0, 0.1) is 0 Å². The van der Waals surface area contributed by atoms with Gasteiger partial charge in [-0.15, -0.1) is 0 Å². The van der Waals surface area contributed by atoms with Crippen LogP contribution in [0.4, 0.5) is 0 Å². The third kappa shape index (κ3) is 3.57. The minimum atomic E-state index is -0.380. The van der Waals surface area contributed by atoms with Crippen LogP contribution in [0.1, 0.15) is 18.3 Å². The SMILES string of the molecule is CC(O)Cc1cc(CCOC=O)n[nH]1. The highest BCUT2D eigenvalue weighted by Crippen LogP contribution is 2.03. The molecule has 0 aliphatic carbocycles. The van der Waals surface area contributed by atoms with Crippen molar-refractivity contribution in [3.63, 3.8) is 0 Å². The summed E-state index contributed by atoms with van der Waals surface area (Å²) in [6.45, 7) is 2.47. The standard InChI is InChI=1S/C9H14N2O3/c1-7(13)4-9-5-8(10-11-9)2-3-14-6-12/h5-7,13H,2-4H2,1H3,(H,10,11). The van der Waals surface area contributed by atoms with E-state index < -0.39 is 0 Å². The molecular weight excluding hydrogens is 184 g/mol.